The molecule has 0 aliphatic heterocycles. The predicted molar refractivity (Wildman–Crippen MR) is 103 cm³/mol. The molecule has 1 heterocycles. The molecule has 8 nitrogen and oxygen atoms in total. The largest absolute Gasteiger partial charge is 0.494 e. The van der Waals surface area contributed by atoms with Crippen LogP contribution < -0.4 is 9.64 Å². The maximum atomic E-state index is 12.6. The van der Waals surface area contributed by atoms with E-state index in [9.17, 15) is 9.59 Å². The van der Waals surface area contributed by atoms with Crippen molar-refractivity contribution in [3.8, 4) is 11.8 Å². The molecule has 1 aromatic heterocycles. The first kappa shape index (κ1) is 21.3. The summed E-state index contributed by atoms with van der Waals surface area (Å²) in [5.74, 6) is -0.431. The summed E-state index contributed by atoms with van der Waals surface area (Å²) in [4.78, 5) is 30.2. The number of amides is 1. The Morgan fingerprint density at radius 3 is 2.68 bits per heavy atom. The lowest BCUT2D eigenvalue weighted by Gasteiger charge is -2.21. The van der Waals surface area contributed by atoms with Crippen molar-refractivity contribution >= 4 is 28.9 Å². The monoisotopic (exact) mass is 403 g/mol. The molecule has 0 saturated heterocycles. The molecule has 28 heavy (non-hydrogen) atoms. The zero-order valence-corrected chi connectivity index (χ0v) is 16.5. The second kappa shape index (κ2) is 11.0. The Morgan fingerprint density at radius 2 is 2.04 bits per heavy atom. The van der Waals surface area contributed by atoms with Crippen molar-refractivity contribution in [2.75, 3.05) is 31.8 Å². The molecule has 0 N–H and O–H groups in total. The zero-order valence-electron chi connectivity index (χ0n) is 15.7. The number of nitrogens with zero attached hydrogens (tertiary/aromatic N) is 3. The number of thiazole rings is 1. The number of carbonyl (C=O) groups is 2. The molecule has 2 rings (SSSR count). The topological polar surface area (TPSA) is 102 Å². The van der Waals surface area contributed by atoms with E-state index in [0.29, 0.717) is 29.7 Å². The minimum Gasteiger partial charge on any atom is -0.494 e. The van der Waals surface area contributed by atoms with Crippen LogP contribution in [0.2, 0.25) is 0 Å². The summed E-state index contributed by atoms with van der Waals surface area (Å²) in [7, 11) is 1.54. The number of esters is 1. The fraction of sp³-hybridized carbons (Fsp3) is 0.368. The van der Waals surface area contributed by atoms with Crippen LogP contribution in [0.4, 0.5) is 5.69 Å². The highest BCUT2D eigenvalue weighted by molar-refractivity contribution is 7.09. The SMILES string of the molecule is CCOc1ccc(N(CCC#N)C(=O)COC(=O)c2csc(COC)n2)cc1. The van der Waals surface area contributed by atoms with Crippen molar-refractivity contribution in [3.05, 3.63) is 40.3 Å². The quantitative estimate of drug-likeness (QED) is 0.562. The molecule has 0 bridgehead atoms. The number of hydrogen-bond acceptors (Lipinski definition) is 8. The molecule has 0 aliphatic rings. The van der Waals surface area contributed by atoms with Crippen molar-refractivity contribution in [3.63, 3.8) is 0 Å². The van der Waals surface area contributed by atoms with Gasteiger partial charge in [0.25, 0.3) is 5.91 Å². The van der Waals surface area contributed by atoms with Crippen LogP contribution in [0.15, 0.2) is 29.6 Å². The summed E-state index contributed by atoms with van der Waals surface area (Å²) in [6.45, 7) is 2.46. The van der Waals surface area contributed by atoms with Crippen LogP contribution in [0.1, 0.15) is 28.8 Å². The standard InChI is InChI=1S/C19H21N3O5S/c1-3-26-15-7-5-14(6-8-15)22(10-4-9-20)18(23)12-27-19(24)16-13-28-17(21-16)11-25-2/h5-8,13H,3-4,10-12H2,1-2H3. The Morgan fingerprint density at radius 1 is 1.29 bits per heavy atom. The molecule has 1 aromatic carbocycles. The summed E-state index contributed by atoms with van der Waals surface area (Å²) in [6, 6.07) is 8.94. The summed E-state index contributed by atoms with van der Waals surface area (Å²) in [5.41, 5.74) is 0.727. The van der Waals surface area contributed by atoms with Gasteiger partial charge < -0.3 is 19.1 Å². The van der Waals surface area contributed by atoms with Crippen molar-refractivity contribution in [2.45, 2.75) is 20.0 Å². The number of anilines is 1. The average Bonchev–Trinajstić information content (AvgIpc) is 3.17. The van der Waals surface area contributed by atoms with Gasteiger partial charge in [0, 0.05) is 24.7 Å². The van der Waals surface area contributed by atoms with Gasteiger partial charge in [-0.15, -0.1) is 11.3 Å². The van der Waals surface area contributed by atoms with Crippen LogP contribution in [-0.2, 0) is 20.9 Å². The number of hydrogen-bond donors (Lipinski definition) is 0. The minimum absolute atomic E-state index is 0.134. The highest BCUT2D eigenvalue weighted by Crippen LogP contribution is 2.20. The maximum Gasteiger partial charge on any atom is 0.358 e. The molecule has 0 fully saturated rings. The van der Waals surface area contributed by atoms with Crippen molar-refractivity contribution in [1.29, 1.82) is 5.26 Å². The molecular weight excluding hydrogens is 382 g/mol. The van der Waals surface area contributed by atoms with Gasteiger partial charge in [0.2, 0.25) is 0 Å². The van der Waals surface area contributed by atoms with E-state index in [-0.39, 0.29) is 18.7 Å². The summed E-state index contributed by atoms with van der Waals surface area (Å²) in [5, 5.41) is 11.1. The maximum absolute atomic E-state index is 12.6. The van der Waals surface area contributed by atoms with E-state index in [2.05, 4.69) is 4.98 Å². The van der Waals surface area contributed by atoms with Gasteiger partial charge in [-0.3, -0.25) is 4.79 Å². The van der Waals surface area contributed by atoms with Crippen LogP contribution in [0.25, 0.3) is 0 Å². The Bertz CT molecular complexity index is 829. The molecule has 1 amide bonds. The molecule has 0 atom stereocenters. The Labute approximate surface area is 167 Å². The second-order valence-electron chi connectivity index (χ2n) is 5.52. The lowest BCUT2D eigenvalue weighted by atomic mass is 10.2. The molecule has 0 radical (unpaired) electrons. The van der Waals surface area contributed by atoms with E-state index in [1.165, 1.54) is 23.3 Å². The lowest BCUT2D eigenvalue weighted by Crippen LogP contribution is -2.35. The van der Waals surface area contributed by atoms with Crippen molar-refractivity contribution < 1.29 is 23.8 Å². The summed E-state index contributed by atoms with van der Waals surface area (Å²) in [6.07, 6.45) is 0.152. The van der Waals surface area contributed by atoms with Gasteiger partial charge in [0.05, 0.1) is 25.7 Å². The molecule has 0 unspecified atom stereocenters. The van der Waals surface area contributed by atoms with E-state index in [1.807, 2.05) is 13.0 Å². The Kier molecular flexibility index (Phi) is 8.39. The van der Waals surface area contributed by atoms with Crippen LogP contribution in [0, 0.1) is 11.3 Å². The van der Waals surface area contributed by atoms with Gasteiger partial charge in [-0.1, -0.05) is 0 Å². The third-order valence-electron chi connectivity index (χ3n) is 3.56. The first-order valence-electron chi connectivity index (χ1n) is 8.59. The van der Waals surface area contributed by atoms with Gasteiger partial charge in [-0.2, -0.15) is 5.26 Å². The number of benzene rings is 1. The van der Waals surface area contributed by atoms with Gasteiger partial charge in [0.1, 0.15) is 10.8 Å². The van der Waals surface area contributed by atoms with Gasteiger partial charge in [-0.05, 0) is 31.2 Å². The van der Waals surface area contributed by atoms with Gasteiger partial charge in [0.15, 0.2) is 12.3 Å². The Hall–Kier alpha value is -2.96. The fourth-order valence-corrected chi connectivity index (χ4v) is 3.06. The number of nitriles is 1. The van der Waals surface area contributed by atoms with E-state index < -0.39 is 18.5 Å². The highest BCUT2D eigenvalue weighted by Gasteiger charge is 2.19. The summed E-state index contributed by atoms with van der Waals surface area (Å²) >= 11 is 1.28. The van der Waals surface area contributed by atoms with Crippen LogP contribution in [-0.4, -0.2) is 43.7 Å². The van der Waals surface area contributed by atoms with Crippen molar-refractivity contribution in [1.82, 2.24) is 4.98 Å². The molecule has 0 saturated carbocycles. The molecule has 0 aliphatic carbocycles. The average molecular weight is 403 g/mol. The third kappa shape index (κ3) is 6.04. The van der Waals surface area contributed by atoms with Crippen molar-refractivity contribution in [2.24, 2.45) is 0 Å². The lowest BCUT2D eigenvalue weighted by molar-refractivity contribution is -0.121. The van der Waals surface area contributed by atoms with Gasteiger partial charge >= 0.3 is 5.97 Å². The van der Waals surface area contributed by atoms with Crippen LogP contribution >= 0.6 is 11.3 Å². The smallest absolute Gasteiger partial charge is 0.358 e. The molecule has 9 heteroatoms. The number of rotatable bonds is 10. The first-order valence-corrected chi connectivity index (χ1v) is 9.47. The van der Waals surface area contributed by atoms with E-state index in [1.54, 1.807) is 29.6 Å². The van der Waals surface area contributed by atoms with Gasteiger partial charge in [-0.25, -0.2) is 9.78 Å². The highest BCUT2D eigenvalue weighted by atomic mass is 32.1. The second-order valence-corrected chi connectivity index (χ2v) is 6.46. The minimum atomic E-state index is -0.682. The predicted octanol–water partition coefficient (Wildman–Crippen LogP) is 2.79. The number of carbonyl (C=O) groups excluding carboxylic acids is 2. The normalized spacial score (nSPS) is 10.2. The summed E-state index contributed by atoms with van der Waals surface area (Å²) < 4.78 is 15.4. The number of aromatic nitrogens is 1. The molecule has 2 aromatic rings. The molecular formula is C19H21N3O5S. The zero-order chi connectivity index (χ0) is 20.4. The number of ether oxygens (including phenoxy) is 3. The van der Waals surface area contributed by atoms with Crippen LogP contribution in [0.5, 0.6) is 5.75 Å². The third-order valence-corrected chi connectivity index (χ3v) is 4.39. The Balaban J connectivity index is 2.01. The van der Waals surface area contributed by atoms with E-state index in [4.69, 9.17) is 19.5 Å². The molecule has 0 spiro atoms. The van der Waals surface area contributed by atoms with Crippen LogP contribution in [0.3, 0.4) is 0 Å². The first-order chi connectivity index (χ1) is 13.6. The number of methoxy groups -OCH3 is 1. The van der Waals surface area contributed by atoms with E-state index in [0.717, 1.165) is 0 Å². The van der Waals surface area contributed by atoms with E-state index >= 15 is 0 Å². The fourth-order valence-electron chi connectivity index (χ4n) is 2.32. The molecule has 148 valence electrons.